The average molecular weight is 421 g/mol. The molecule has 0 spiro atoms. The molecule has 0 unspecified atom stereocenters. The molecule has 5 heteroatoms. The molecule has 0 bridgehead atoms. The monoisotopic (exact) mass is 420 g/mol. The number of hydrogen-bond donors (Lipinski definition) is 2. The van der Waals surface area contributed by atoms with E-state index in [-0.39, 0.29) is 0 Å². The first-order chi connectivity index (χ1) is 15.8. The highest BCUT2D eigenvalue weighted by Gasteiger charge is 2.11. The Balaban J connectivity index is 1.40. The molecular formula is C27H24N4O. The second-order valence-electron chi connectivity index (χ2n) is 7.58. The number of ether oxygens (including phenoxy) is 1. The van der Waals surface area contributed by atoms with Crippen LogP contribution >= 0.6 is 0 Å². The van der Waals surface area contributed by atoms with Gasteiger partial charge in [-0.15, -0.1) is 0 Å². The summed E-state index contributed by atoms with van der Waals surface area (Å²) < 4.78 is 5.47. The van der Waals surface area contributed by atoms with Gasteiger partial charge in [-0.25, -0.2) is 9.97 Å². The van der Waals surface area contributed by atoms with Crippen LogP contribution in [0.3, 0.4) is 0 Å². The number of hydrogen-bond acceptors (Lipinski definition) is 3. The predicted octanol–water partition coefficient (Wildman–Crippen LogP) is 6.37. The van der Waals surface area contributed by atoms with Gasteiger partial charge in [-0.2, -0.15) is 0 Å². The first kappa shape index (κ1) is 19.8. The van der Waals surface area contributed by atoms with Crippen LogP contribution in [0.5, 0.6) is 5.75 Å². The fraction of sp³-hybridized carbons (Fsp3) is 0.111. The van der Waals surface area contributed by atoms with E-state index in [1.54, 1.807) is 7.11 Å². The lowest BCUT2D eigenvalue weighted by Crippen LogP contribution is -1.88. The second kappa shape index (κ2) is 8.55. The molecule has 32 heavy (non-hydrogen) atoms. The average Bonchev–Trinajstić information content (AvgIpc) is 3.54. The van der Waals surface area contributed by atoms with E-state index in [1.807, 2.05) is 36.7 Å². The highest BCUT2D eigenvalue weighted by molar-refractivity contribution is 5.71. The summed E-state index contributed by atoms with van der Waals surface area (Å²) in [5, 5.41) is 0. The Hall–Kier alpha value is -4.12. The Morgan fingerprint density at radius 2 is 1.22 bits per heavy atom. The molecule has 2 heterocycles. The maximum atomic E-state index is 5.47. The van der Waals surface area contributed by atoms with Gasteiger partial charge in [-0.05, 0) is 24.1 Å². The van der Waals surface area contributed by atoms with Gasteiger partial charge < -0.3 is 14.7 Å². The Kier molecular flexibility index (Phi) is 5.30. The highest BCUT2D eigenvalue weighted by atomic mass is 16.5. The lowest BCUT2D eigenvalue weighted by atomic mass is 10.0. The number of methoxy groups -OCH3 is 1. The Morgan fingerprint density at radius 1 is 0.688 bits per heavy atom. The third-order valence-corrected chi connectivity index (χ3v) is 5.67. The van der Waals surface area contributed by atoms with Crippen molar-refractivity contribution in [3.05, 3.63) is 90.8 Å². The zero-order chi connectivity index (χ0) is 21.9. The number of benzene rings is 3. The second-order valence-corrected chi connectivity index (χ2v) is 7.58. The molecule has 0 saturated heterocycles. The van der Waals surface area contributed by atoms with Crippen LogP contribution in [-0.2, 0) is 6.42 Å². The van der Waals surface area contributed by atoms with Gasteiger partial charge in [0.15, 0.2) is 0 Å². The van der Waals surface area contributed by atoms with Gasteiger partial charge in [-0.1, -0.05) is 67.6 Å². The number of imidazole rings is 2. The van der Waals surface area contributed by atoms with Gasteiger partial charge in [0.25, 0.3) is 0 Å². The molecular weight excluding hydrogens is 396 g/mol. The summed E-state index contributed by atoms with van der Waals surface area (Å²) in [5.74, 6) is 2.48. The summed E-state index contributed by atoms with van der Waals surface area (Å²) in [5.41, 5.74) is 7.50. The van der Waals surface area contributed by atoms with Crippen molar-refractivity contribution < 1.29 is 4.74 Å². The summed E-state index contributed by atoms with van der Waals surface area (Å²) >= 11 is 0. The Morgan fingerprint density at radius 3 is 1.81 bits per heavy atom. The largest absolute Gasteiger partial charge is 0.496 e. The van der Waals surface area contributed by atoms with Crippen molar-refractivity contribution in [2.75, 3.05) is 7.11 Å². The molecule has 0 aliphatic heterocycles. The van der Waals surface area contributed by atoms with E-state index in [0.717, 1.165) is 51.9 Å². The van der Waals surface area contributed by atoms with Gasteiger partial charge in [0.2, 0.25) is 0 Å². The van der Waals surface area contributed by atoms with E-state index >= 15 is 0 Å². The number of aromatic amines is 2. The fourth-order valence-electron chi connectivity index (χ4n) is 3.95. The first-order valence-electron chi connectivity index (χ1n) is 10.7. The van der Waals surface area contributed by atoms with Crippen molar-refractivity contribution in [1.82, 2.24) is 19.9 Å². The summed E-state index contributed by atoms with van der Waals surface area (Å²) in [7, 11) is 1.68. The molecule has 3 aromatic carbocycles. The number of aryl methyl sites for hydroxylation is 1. The van der Waals surface area contributed by atoms with Crippen molar-refractivity contribution in [1.29, 1.82) is 0 Å². The third kappa shape index (κ3) is 3.69. The van der Waals surface area contributed by atoms with Crippen LogP contribution < -0.4 is 4.74 Å². The normalized spacial score (nSPS) is 10.9. The molecule has 0 fully saturated rings. The maximum Gasteiger partial charge on any atom is 0.137 e. The van der Waals surface area contributed by atoms with Crippen molar-refractivity contribution in [3.8, 4) is 51.0 Å². The number of nitrogens with one attached hydrogen (secondary N) is 2. The number of rotatable bonds is 6. The minimum atomic E-state index is 0.814. The van der Waals surface area contributed by atoms with Crippen LogP contribution in [0.1, 0.15) is 12.5 Å². The number of para-hydroxylation sites is 1. The van der Waals surface area contributed by atoms with Crippen molar-refractivity contribution >= 4 is 0 Å². The van der Waals surface area contributed by atoms with Crippen LogP contribution in [0.2, 0.25) is 0 Å². The van der Waals surface area contributed by atoms with Gasteiger partial charge in [0.1, 0.15) is 17.4 Å². The summed E-state index contributed by atoms with van der Waals surface area (Å²) in [4.78, 5) is 16.1. The van der Waals surface area contributed by atoms with Gasteiger partial charge in [0.05, 0.1) is 30.9 Å². The van der Waals surface area contributed by atoms with E-state index in [1.165, 1.54) is 11.1 Å². The van der Waals surface area contributed by atoms with Crippen LogP contribution in [0.4, 0.5) is 0 Å². The van der Waals surface area contributed by atoms with Crippen LogP contribution in [0, 0.1) is 0 Å². The zero-order valence-corrected chi connectivity index (χ0v) is 18.1. The maximum absolute atomic E-state index is 5.47. The predicted molar refractivity (Wildman–Crippen MR) is 128 cm³/mol. The Labute approximate surface area is 187 Å². The summed E-state index contributed by atoms with van der Waals surface area (Å²) in [6.45, 7) is 2.17. The van der Waals surface area contributed by atoms with E-state index in [4.69, 9.17) is 4.74 Å². The molecule has 2 aromatic heterocycles. The van der Waals surface area contributed by atoms with Crippen LogP contribution in [0.25, 0.3) is 45.3 Å². The molecule has 0 aliphatic rings. The molecule has 0 amide bonds. The van der Waals surface area contributed by atoms with Crippen molar-refractivity contribution in [2.45, 2.75) is 13.3 Å². The minimum absolute atomic E-state index is 0.814. The van der Waals surface area contributed by atoms with E-state index in [9.17, 15) is 0 Å². The summed E-state index contributed by atoms with van der Waals surface area (Å²) in [6.07, 6.45) is 4.73. The van der Waals surface area contributed by atoms with Crippen molar-refractivity contribution in [2.24, 2.45) is 0 Å². The number of nitrogens with zero attached hydrogens (tertiary/aromatic N) is 2. The molecule has 0 aliphatic carbocycles. The highest BCUT2D eigenvalue weighted by Crippen LogP contribution is 2.31. The first-order valence-corrected chi connectivity index (χ1v) is 10.7. The van der Waals surface area contributed by atoms with Gasteiger partial charge in [0, 0.05) is 22.3 Å². The van der Waals surface area contributed by atoms with Crippen LogP contribution in [0.15, 0.2) is 85.2 Å². The smallest absolute Gasteiger partial charge is 0.137 e. The molecule has 5 nitrogen and oxygen atoms in total. The van der Waals surface area contributed by atoms with Crippen molar-refractivity contribution in [3.63, 3.8) is 0 Å². The lowest BCUT2D eigenvalue weighted by molar-refractivity contribution is 0.416. The molecule has 2 N–H and O–H groups in total. The standard InChI is InChI=1S/C27H24N4O/c1-3-18-8-4-5-9-21(18)23-16-28-26(30-23)19-12-14-20(15-13-19)27-29-17-24(31-27)22-10-6-7-11-25(22)32-2/h4-17H,3H2,1-2H3,(H,28,30)(H,29,31). The third-order valence-electron chi connectivity index (χ3n) is 5.67. The summed E-state index contributed by atoms with van der Waals surface area (Å²) in [6, 6.07) is 24.6. The van der Waals surface area contributed by atoms with Gasteiger partial charge in [-0.3, -0.25) is 0 Å². The van der Waals surface area contributed by atoms with E-state index in [2.05, 4.69) is 75.4 Å². The molecule has 0 saturated carbocycles. The zero-order valence-electron chi connectivity index (χ0n) is 18.1. The molecule has 5 rings (SSSR count). The lowest BCUT2D eigenvalue weighted by Gasteiger charge is -2.06. The minimum Gasteiger partial charge on any atom is -0.496 e. The molecule has 158 valence electrons. The van der Waals surface area contributed by atoms with Crippen LogP contribution in [-0.4, -0.2) is 27.0 Å². The quantitative estimate of drug-likeness (QED) is 0.335. The Bertz CT molecular complexity index is 1240. The van der Waals surface area contributed by atoms with Gasteiger partial charge >= 0.3 is 0 Å². The topological polar surface area (TPSA) is 66.6 Å². The number of H-pyrrole nitrogens is 2. The molecule has 5 aromatic rings. The fourth-order valence-corrected chi connectivity index (χ4v) is 3.95. The molecule has 0 radical (unpaired) electrons. The van der Waals surface area contributed by atoms with E-state index in [0.29, 0.717) is 0 Å². The molecule has 0 atom stereocenters. The van der Waals surface area contributed by atoms with E-state index < -0.39 is 0 Å². The number of aromatic nitrogens is 4. The SMILES string of the molecule is CCc1ccccc1-c1cnc(-c2ccc(-c3ncc(-c4ccccc4OC)[nH]3)cc2)[nH]1.